The van der Waals surface area contributed by atoms with Crippen LogP contribution in [-0.2, 0) is 0 Å². The van der Waals surface area contributed by atoms with Gasteiger partial charge in [-0.3, -0.25) is 0 Å². The monoisotopic (exact) mass is 127 g/mol. The first-order valence-electron chi connectivity index (χ1n) is 3.92. The van der Waals surface area contributed by atoms with E-state index in [-0.39, 0.29) is 0 Å². The van der Waals surface area contributed by atoms with Crippen LogP contribution in [0.15, 0.2) is 0 Å². The lowest BCUT2D eigenvalue weighted by atomic mass is 9.80. The Bertz CT molecular complexity index is 92.7. The van der Waals surface area contributed by atoms with Gasteiger partial charge >= 0.3 is 0 Å². The maximum absolute atomic E-state index is 2.49. The lowest BCUT2D eigenvalue weighted by Crippen LogP contribution is -2.53. The SMILES string of the molecule is CCN1CC(C)(CC)C1. The van der Waals surface area contributed by atoms with Crippen LogP contribution in [-0.4, -0.2) is 24.5 Å². The van der Waals surface area contributed by atoms with Gasteiger partial charge in [-0.2, -0.15) is 0 Å². The minimum atomic E-state index is 0.663. The van der Waals surface area contributed by atoms with E-state index in [1.165, 1.54) is 26.1 Å². The van der Waals surface area contributed by atoms with Crippen molar-refractivity contribution >= 4 is 0 Å². The predicted octanol–water partition coefficient (Wildman–Crippen LogP) is 1.74. The Morgan fingerprint density at radius 2 is 1.89 bits per heavy atom. The lowest BCUT2D eigenvalue weighted by Gasteiger charge is -2.47. The third-order valence-corrected chi connectivity index (χ3v) is 2.51. The molecule has 1 heteroatoms. The van der Waals surface area contributed by atoms with Crippen LogP contribution in [0.3, 0.4) is 0 Å². The smallest absolute Gasteiger partial charge is 0.00476 e. The predicted molar refractivity (Wildman–Crippen MR) is 40.5 cm³/mol. The Labute approximate surface area is 58.0 Å². The van der Waals surface area contributed by atoms with Crippen LogP contribution in [0.4, 0.5) is 0 Å². The molecule has 0 aromatic rings. The highest BCUT2D eigenvalue weighted by Crippen LogP contribution is 2.32. The van der Waals surface area contributed by atoms with E-state index in [1.807, 2.05) is 0 Å². The van der Waals surface area contributed by atoms with Gasteiger partial charge in [-0.05, 0) is 18.4 Å². The second-order valence-electron chi connectivity index (χ2n) is 3.47. The molecule has 0 amide bonds. The fourth-order valence-electron chi connectivity index (χ4n) is 1.48. The normalized spacial score (nSPS) is 25.7. The van der Waals surface area contributed by atoms with E-state index in [0.29, 0.717) is 5.41 Å². The molecule has 1 fully saturated rings. The van der Waals surface area contributed by atoms with E-state index in [0.717, 1.165) is 0 Å². The van der Waals surface area contributed by atoms with Gasteiger partial charge in [-0.1, -0.05) is 20.8 Å². The zero-order chi connectivity index (χ0) is 6.91. The summed E-state index contributed by atoms with van der Waals surface area (Å²) in [6.45, 7) is 10.8. The van der Waals surface area contributed by atoms with Gasteiger partial charge in [-0.25, -0.2) is 0 Å². The molecule has 1 aliphatic heterocycles. The number of likely N-dealkylation sites (tertiary alicyclic amines) is 1. The highest BCUT2D eigenvalue weighted by Gasteiger charge is 2.35. The van der Waals surface area contributed by atoms with Crippen LogP contribution >= 0.6 is 0 Å². The quantitative estimate of drug-likeness (QED) is 0.546. The van der Waals surface area contributed by atoms with Gasteiger partial charge in [0.25, 0.3) is 0 Å². The van der Waals surface area contributed by atoms with Crippen molar-refractivity contribution in [2.45, 2.75) is 27.2 Å². The van der Waals surface area contributed by atoms with Crippen molar-refractivity contribution in [2.24, 2.45) is 5.41 Å². The van der Waals surface area contributed by atoms with Gasteiger partial charge in [0, 0.05) is 13.1 Å². The fraction of sp³-hybridized carbons (Fsp3) is 1.00. The first kappa shape index (κ1) is 7.07. The van der Waals surface area contributed by atoms with Crippen molar-refractivity contribution < 1.29 is 0 Å². The highest BCUT2D eigenvalue weighted by atomic mass is 15.2. The lowest BCUT2D eigenvalue weighted by molar-refractivity contribution is 0.0175. The van der Waals surface area contributed by atoms with Crippen molar-refractivity contribution in [2.75, 3.05) is 19.6 Å². The molecule has 0 unspecified atom stereocenters. The molecule has 1 saturated heterocycles. The van der Waals surface area contributed by atoms with E-state index in [9.17, 15) is 0 Å². The highest BCUT2D eigenvalue weighted by molar-refractivity contribution is 4.89. The van der Waals surface area contributed by atoms with Crippen LogP contribution in [0.5, 0.6) is 0 Å². The van der Waals surface area contributed by atoms with Gasteiger partial charge in [0.2, 0.25) is 0 Å². The maximum atomic E-state index is 2.49. The largest absolute Gasteiger partial charge is 0.302 e. The average molecular weight is 127 g/mol. The van der Waals surface area contributed by atoms with Gasteiger partial charge in [0.1, 0.15) is 0 Å². The van der Waals surface area contributed by atoms with E-state index >= 15 is 0 Å². The van der Waals surface area contributed by atoms with Crippen LogP contribution in [0.25, 0.3) is 0 Å². The Morgan fingerprint density at radius 1 is 1.33 bits per heavy atom. The Hall–Kier alpha value is -0.0400. The summed E-state index contributed by atoms with van der Waals surface area (Å²) < 4.78 is 0. The summed E-state index contributed by atoms with van der Waals surface area (Å²) >= 11 is 0. The Balaban J connectivity index is 2.24. The Morgan fingerprint density at radius 3 is 2.22 bits per heavy atom. The molecule has 0 aliphatic carbocycles. The molecule has 0 aromatic carbocycles. The number of nitrogens with zero attached hydrogens (tertiary/aromatic N) is 1. The van der Waals surface area contributed by atoms with Crippen LogP contribution in [0.2, 0.25) is 0 Å². The molecule has 0 saturated carbocycles. The zero-order valence-corrected chi connectivity index (χ0v) is 6.78. The molecule has 9 heavy (non-hydrogen) atoms. The zero-order valence-electron chi connectivity index (χ0n) is 6.78. The van der Waals surface area contributed by atoms with E-state index in [4.69, 9.17) is 0 Å². The summed E-state index contributed by atoms with van der Waals surface area (Å²) in [7, 11) is 0. The second-order valence-corrected chi connectivity index (χ2v) is 3.47. The molecule has 0 radical (unpaired) electrons. The molecule has 1 rings (SSSR count). The first-order valence-corrected chi connectivity index (χ1v) is 3.92. The minimum Gasteiger partial charge on any atom is -0.302 e. The minimum absolute atomic E-state index is 0.663. The summed E-state index contributed by atoms with van der Waals surface area (Å²) in [4.78, 5) is 2.49. The third kappa shape index (κ3) is 1.26. The molecular formula is C8H17N. The summed E-state index contributed by atoms with van der Waals surface area (Å²) in [6, 6.07) is 0. The molecular weight excluding hydrogens is 110 g/mol. The van der Waals surface area contributed by atoms with Gasteiger partial charge in [-0.15, -0.1) is 0 Å². The summed E-state index contributed by atoms with van der Waals surface area (Å²) in [5, 5.41) is 0. The molecule has 1 nitrogen and oxygen atoms in total. The molecule has 1 aliphatic rings. The van der Waals surface area contributed by atoms with Gasteiger partial charge < -0.3 is 4.90 Å². The van der Waals surface area contributed by atoms with Gasteiger partial charge in [0.15, 0.2) is 0 Å². The molecule has 54 valence electrons. The molecule has 0 atom stereocenters. The molecule has 0 aromatic heterocycles. The van der Waals surface area contributed by atoms with Crippen LogP contribution in [0, 0.1) is 5.41 Å². The van der Waals surface area contributed by atoms with Crippen molar-refractivity contribution in [3.05, 3.63) is 0 Å². The topological polar surface area (TPSA) is 3.24 Å². The molecule has 0 bridgehead atoms. The van der Waals surface area contributed by atoms with Crippen molar-refractivity contribution in [1.29, 1.82) is 0 Å². The number of hydrogen-bond acceptors (Lipinski definition) is 1. The summed E-state index contributed by atoms with van der Waals surface area (Å²) in [5.41, 5.74) is 0.663. The molecule has 1 heterocycles. The van der Waals surface area contributed by atoms with Crippen molar-refractivity contribution in [1.82, 2.24) is 4.90 Å². The van der Waals surface area contributed by atoms with E-state index in [2.05, 4.69) is 25.7 Å². The molecule has 0 N–H and O–H groups in total. The van der Waals surface area contributed by atoms with Crippen LogP contribution < -0.4 is 0 Å². The summed E-state index contributed by atoms with van der Waals surface area (Å²) in [5.74, 6) is 0. The number of rotatable bonds is 2. The number of hydrogen-bond donors (Lipinski definition) is 0. The van der Waals surface area contributed by atoms with E-state index in [1.54, 1.807) is 0 Å². The van der Waals surface area contributed by atoms with Crippen LogP contribution in [0.1, 0.15) is 27.2 Å². The Kier molecular flexibility index (Phi) is 1.80. The van der Waals surface area contributed by atoms with E-state index < -0.39 is 0 Å². The second kappa shape index (κ2) is 2.30. The maximum Gasteiger partial charge on any atom is 0.00476 e. The first-order chi connectivity index (χ1) is 4.20. The fourth-order valence-corrected chi connectivity index (χ4v) is 1.48. The molecule has 0 spiro atoms. The third-order valence-electron chi connectivity index (χ3n) is 2.51. The summed E-state index contributed by atoms with van der Waals surface area (Å²) in [6.07, 6.45) is 1.34. The van der Waals surface area contributed by atoms with Crippen molar-refractivity contribution in [3.8, 4) is 0 Å². The van der Waals surface area contributed by atoms with Crippen molar-refractivity contribution in [3.63, 3.8) is 0 Å². The standard InChI is InChI=1S/C8H17N/c1-4-8(3)6-9(5-2)7-8/h4-7H2,1-3H3. The van der Waals surface area contributed by atoms with Gasteiger partial charge in [0.05, 0.1) is 0 Å². The average Bonchev–Trinajstić information content (AvgIpc) is 1.81.